The van der Waals surface area contributed by atoms with Crippen LogP contribution in [0.2, 0.25) is 0 Å². The molecule has 1 unspecified atom stereocenters. The van der Waals surface area contributed by atoms with Crippen LogP contribution in [0, 0.1) is 0 Å². The van der Waals surface area contributed by atoms with Gasteiger partial charge in [-0.2, -0.15) is 0 Å². The van der Waals surface area contributed by atoms with E-state index in [2.05, 4.69) is 245 Å². The zero-order valence-electron chi connectivity index (χ0n) is 40.0. The molecule has 0 saturated carbocycles. The molecule has 1 heteroatoms. The van der Waals surface area contributed by atoms with Crippen molar-refractivity contribution in [1.82, 2.24) is 0 Å². The van der Waals surface area contributed by atoms with Gasteiger partial charge in [-0.25, -0.2) is 0 Å². The van der Waals surface area contributed by atoms with E-state index < -0.39 is 10.8 Å². The van der Waals surface area contributed by atoms with Gasteiger partial charge in [0.2, 0.25) is 0 Å². The number of hydrogen-bond acceptors (Lipinski definition) is 1. The Bertz CT molecular complexity index is 3570. The largest absolute Gasteiger partial charge is 0.314 e. The van der Waals surface area contributed by atoms with Crippen molar-refractivity contribution >= 4 is 16.9 Å². The van der Waals surface area contributed by atoms with E-state index >= 15 is 0 Å². The monoisotopic (exact) mass is 885 g/mol. The van der Waals surface area contributed by atoms with Gasteiger partial charge in [0.15, 0.2) is 0 Å². The second-order valence-corrected chi connectivity index (χ2v) is 21.3. The van der Waals surface area contributed by atoms with Crippen LogP contribution in [0.15, 0.2) is 235 Å². The van der Waals surface area contributed by atoms with Crippen LogP contribution in [0.4, 0.5) is 11.4 Å². The molecule has 14 rings (SSSR count). The average molecular weight is 886 g/mol. The zero-order chi connectivity index (χ0) is 46.3. The first-order chi connectivity index (χ1) is 33.7. The Morgan fingerprint density at radius 3 is 1.62 bits per heavy atom. The molecule has 0 aromatic heterocycles. The molecule has 0 bridgehead atoms. The SMILES string of the molecule is CC1(C)C2=C(CCC(N(c3ccc4c(c3)-c3ccccc3C4(c3ccccc3)c3ccccc3)c3ccc4c(c3)C3(C5=C(CCC=C5)C(C)(C)c5ccccc53)c3ccccc3-4)=C2)c2ccccc21. The standard InChI is InChI=1S/C68H55N/c1-65(2)55-28-14-11-25-49(55)52-38-35-47(42-63(52)65)69(46-37-40-58-54(41-46)51-27-13-15-29-56(51)67(58,44-21-7-5-8-22-44)45-23-9-6-10-24-45)48-36-39-53-50-26-12-16-30-57(50)68(64(53)43-48)61-33-19-17-31-59(61)66(3,4)60-32-18-20-34-62(60)68/h5-17,19-31,33-34,36-37,39-43H,18,32,35,38H2,1-4H3. The fourth-order valence-corrected chi connectivity index (χ4v) is 14.5. The van der Waals surface area contributed by atoms with Gasteiger partial charge in [-0.3, -0.25) is 0 Å². The van der Waals surface area contributed by atoms with E-state index in [1.54, 1.807) is 5.57 Å². The quantitative estimate of drug-likeness (QED) is 0.166. The maximum atomic E-state index is 2.65. The molecule has 0 fully saturated rings. The van der Waals surface area contributed by atoms with Gasteiger partial charge >= 0.3 is 0 Å². The van der Waals surface area contributed by atoms with E-state index in [1.807, 2.05) is 0 Å². The summed E-state index contributed by atoms with van der Waals surface area (Å²) < 4.78 is 0. The third-order valence-electron chi connectivity index (χ3n) is 17.5. The average Bonchev–Trinajstić information content (AvgIpc) is 3.95. The van der Waals surface area contributed by atoms with Gasteiger partial charge < -0.3 is 4.90 Å². The summed E-state index contributed by atoms with van der Waals surface area (Å²) in [7, 11) is 0. The Labute approximate surface area is 407 Å². The molecular weight excluding hydrogens is 831 g/mol. The summed E-state index contributed by atoms with van der Waals surface area (Å²) in [5.74, 6) is 0. The van der Waals surface area contributed by atoms with Crippen molar-refractivity contribution in [3.8, 4) is 22.3 Å². The summed E-state index contributed by atoms with van der Waals surface area (Å²) in [4.78, 5) is 2.65. The predicted molar refractivity (Wildman–Crippen MR) is 286 cm³/mol. The second-order valence-electron chi connectivity index (χ2n) is 21.3. The van der Waals surface area contributed by atoms with Crippen molar-refractivity contribution in [3.63, 3.8) is 0 Å². The summed E-state index contributed by atoms with van der Waals surface area (Å²) in [5.41, 5.74) is 27.6. The molecule has 332 valence electrons. The molecule has 8 aromatic carbocycles. The highest BCUT2D eigenvalue weighted by molar-refractivity contribution is 5.93. The van der Waals surface area contributed by atoms with Crippen molar-refractivity contribution in [2.24, 2.45) is 0 Å². The molecule has 6 aliphatic rings. The Kier molecular flexibility index (Phi) is 8.54. The van der Waals surface area contributed by atoms with Crippen LogP contribution in [0.1, 0.15) is 109 Å². The molecule has 1 spiro atoms. The fraction of sp³-hybridized carbons (Fsp3) is 0.176. The summed E-state index contributed by atoms with van der Waals surface area (Å²) >= 11 is 0. The summed E-state index contributed by atoms with van der Waals surface area (Å²) in [6.45, 7) is 9.78. The minimum absolute atomic E-state index is 0.0806. The maximum Gasteiger partial charge on any atom is 0.0717 e. The Hall–Kier alpha value is -7.48. The highest BCUT2D eigenvalue weighted by Gasteiger charge is 2.54. The number of fused-ring (bicyclic) bond motifs is 13. The molecule has 0 radical (unpaired) electrons. The lowest BCUT2D eigenvalue weighted by Crippen LogP contribution is -2.41. The molecular formula is C68H55N. The first-order valence-electron chi connectivity index (χ1n) is 25.2. The van der Waals surface area contributed by atoms with Crippen LogP contribution in [0.5, 0.6) is 0 Å². The number of hydrogen-bond donors (Lipinski definition) is 0. The van der Waals surface area contributed by atoms with Crippen LogP contribution >= 0.6 is 0 Å². The number of allylic oxidation sites excluding steroid dienone is 8. The van der Waals surface area contributed by atoms with Gasteiger partial charge in [0.1, 0.15) is 0 Å². The number of anilines is 2. The van der Waals surface area contributed by atoms with Gasteiger partial charge in [-0.15, -0.1) is 0 Å². The maximum absolute atomic E-state index is 2.65. The van der Waals surface area contributed by atoms with Gasteiger partial charge in [0.25, 0.3) is 0 Å². The van der Waals surface area contributed by atoms with Crippen molar-refractivity contribution in [2.45, 2.75) is 75.0 Å². The molecule has 1 atom stereocenters. The van der Waals surface area contributed by atoms with E-state index in [0.717, 1.165) is 25.7 Å². The third-order valence-corrected chi connectivity index (χ3v) is 17.5. The van der Waals surface area contributed by atoms with Crippen molar-refractivity contribution < 1.29 is 0 Å². The van der Waals surface area contributed by atoms with Gasteiger partial charge in [-0.05, 0) is 151 Å². The molecule has 0 N–H and O–H groups in total. The zero-order valence-corrected chi connectivity index (χ0v) is 40.0. The Balaban J connectivity index is 1.04. The minimum atomic E-state index is -0.464. The third kappa shape index (κ3) is 5.26. The lowest BCUT2D eigenvalue weighted by molar-refractivity contribution is 0.524. The summed E-state index contributed by atoms with van der Waals surface area (Å²) in [5, 5.41) is 0. The number of nitrogens with zero attached hydrogens (tertiary/aromatic N) is 1. The first-order valence-corrected chi connectivity index (χ1v) is 25.2. The van der Waals surface area contributed by atoms with Gasteiger partial charge in [0.05, 0.1) is 10.8 Å². The molecule has 8 aromatic rings. The predicted octanol–water partition coefficient (Wildman–Crippen LogP) is 16.9. The van der Waals surface area contributed by atoms with Crippen molar-refractivity contribution in [2.75, 3.05) is 4.90 Å². The molecule has 0 aliphatic heterocycles. The van der Waals surface area contributed by atoms with Crippen LogP contribution in [-0.4, -0.2) is 0 Å². The van der Waals surface area contributed by atoms with E-state index in [0.29, 0.717) is 0 Å². The molecule has 0 saturated heterocycles. The van der Waals surface area contributed by atoms with Crippen LogP contribution in [-0.2, 0) is 21.7 Å². The lowest BCUT2D eigenvalue weighted by atomic mass is 9.54. The number of rotatable bonds is 5. The minimum Gasteiger partial charge on any atom is -0.314 e. The van der Waals surface area contributed by atoms with E-state index in [4.69, 9.17) is 0 Å². The Morgan fingerprint density at radius 2 is 0.913 bits per heavy atom. The van der Waals surface area contributed by atoms with Crippen LogP contribution < -0.4 is 4.90 Å². The normalized spacial score (nSPS) is 20.0. The molecule has 6 aliphatic carbocycles. The smallest absolute Gasteiger partial charge is 0.0717 e. The van der Waals surface area contributed by atoms with E-state index in [-0.39, 0.29) is 10.8 Å². The van der Waals surface area contributed by atoms with Crippen LogP contribution in [0.3, 0.4) is 0 Å². The summed E-state index contributed by atoms with van der Waals surface area (Å²) in [6, 6.07) is 74.3. The molecule has 1 nitrogen and oxygen atoms in total. The summed E-state index contributed by atoms with van der Waals surface area (Å²) in [6.07, 6.45) is 11.6. The second kappa shape index (κ2) is 14.5. The molecule has 0 heterocycles. The lowest BCUT2D eigenvalue weighted by Gasteiger charge is -2.48. The van der Waals surface area contributed by atoms with Crippen molar-refractivity contribution in [1.29, 1.82) is 0 Å². The van der Waals surface area contributed by atoms with Gasteiger partial charge in [-0.1, -0.05) is 215 Å². The highest BCUT2D eigenvalue weighted by Crippen LogP contribution is 2.65. The van der Waals surface area contributed by atoms with E-state index in [9.17, 15) is 0 Å². The molecule has 69 heavy (non-hydrogen) atoms. The number of benzene rings is 8. The van der Waals surface area contributed by atoms with E-state index in [1.165, 1.54) is 112 Å². The molecule has 0 amide bonds. The van der Waals surface area contributed by atoms with Crippen LogP contribution in [0.25, 0.3) is 27.8 Å². The topological polar surface area (TPSA) is 3.24 Å². The highest BCUT2D eigenvalue weighted by atomic mass is 15.1. The first kappa shape index (κ1) is 40.6. The van der Waals surface area contributed by atoms with Gasteiger partial charge in [0, 0.05) is 27.9 Å². The van der Waals surface area contributed by atoms with Crippen molar-refractivity contribution in [3.05, 3.63) is 290 Å². The fourth-order valence-electron chi connectivity index (χ4n) is 14.5. The Morgan fingerprint density at radius 1 is 0.377 bits per heavy atom.